The molecule has 2 aromatic carbocycles. The lowest BCUT2D eigenvalue weighted by Crippen LogP contribution is -2.14. The van der Waals surface area contributed by atoms with Crippen LogP contribution in [0.1, 0.15) is 5.56 Å². The van der Waals surface area contributed by atoms with Crippen LogP contribution in [0.15, 0.2) is 53.6 Å². The van der Waals surface area contributed by atoms with Gasteiger partial charge in [0.2, 0.25) is 0 Å². The number of hydrogen-bond donors (Lipinski definition) is 1. The molecule has 5 nitrogen and oxygen atoms in total. The van der Waals surface area contributed by atoms with E-state index >= 15 is 0 Å². The first kappa shape index (κ1) is 16.2. The number of sulfonamides is 1. The van der Waals surface area contributed by atoms with E-state index in [-0.39, 0.29) is 15.8 Å². The molecule has 1 aromatic heterocycles. The number of anilines is 1. The maximum absolute atomic E-state index is 13.9. The molecular formula is C17H15FN2O3S. The van der Waals surface area contributed by atoms with Crippen LogP contribution in [0.25, 0.3) is 10.9 Å². The Labute approximate surface area is 139 Å². The van der Waals surface area contributed by atoms with E-state index < -0.39 is 15.8 Å². The number of rotatable bonds is 4. The van der Waals surface area contributed by atoms with E-state index in [1.165, 1.54) is 25.4 Å². The van der Waals surface area contributed by atoms with Crippen LogP contribution >= 0.6 is 0 Å². The van der Waals surface area contributed by atoms with Gasteiger partial charge < -0.3 is 4.74 Å². The predicted octanol–water partition coefficient (Wildman–Crippen LogP) is 3.49. The highest BCUT2D eigenvalue weighted by Crippen LogP contribution is 2.30. The van der Waals surface area contributed by atoms with E-state index in [0.29, 0.717) is 11.4 Å². The van der Waals surface area contributed by atoms with Crippen LogP contribution in [0, 0.1) is 12.7 Å². The lowest BCUT2D eigenvalue weighted by Gasteiger charge is -2.14. The van der Waals surface area contributed by atoms with Gasteiger partial charge in [-0.05, 0) is 48.9 Å². The highest BCUT2D eigenvalue weighted by atomic mass is 32.2. The Hall–Kier alpha value is -2.67. The number of fused-ring (bicyclic) bond motifs is 1. The largest absolute Gasteiger partial charge is 0.495 e. The molecule has 0 fully saturated rings. The Kier molecular flexibility index (Phi) is 4.11. The zero-order valence-electron chi connectivity index (χ0n) is 13.1. The average molecular weight is 346 g/mol. The molecule has 3 aromatic rings. The van der Waals surface area contributed by atoms with E-state index in [9.17, 15) is 12.8 Å². The molecule has 0 aliphatic rings. The molecule has 124 valence electrons. The maximum Gasteiger partial charge on any atom is 0.262 e. The molecule has 0 aliphatic heterocycles. The SMILES string of the molecule is COc1ccc(C)cc1NS(=O)(=O)c1ccc(F)c2ncccc12. The summed E-state index contributed by atoms with van der Waals surface area (Å²) in [7, 11) is -2.48. The van der Waals surface area contributed by atoms with Gasteiger partial charge in [-0.1, -0.05) is 6.07 Å². The summed E-state index contributed by atoms with van der Waals surface area (Å²) in [4.78, 5) is 3.87. The second-order valence-corrected chi connectivity index (χ2v) is 6.91. The van der Waals surface area contributed by atoms with Crippen molar-refractivity contribution in [3.05, 3.63) is 60.0 Å². The normalized spacial score (nSPS) is 11.5. The highest BCUT2D eigenvalue weighted by Gasteiger charge is 2.21. The van der Waals surface area contributed by atoms with E-state index in [4.69, 9.17) is 4.74 Å². The van der Waals surface area contributed by atoms with Crippen molar-refractivity contribution in [2.75, 3.05) is 11.8 Å². The monoisotopic (exact) mass is 346 g/mol. The Balaban J connectivity index is 2.13. The zero-order valence-corrected chi connectivity index (χ0v) is 13.9. The van der Waals surface area contributed by atoms with Gasteiger partial charge >= 0.3 is 0 Å². The van der Waals surface area contributed by atoms with Gasteiger partial charge in [0.25, 0.3) is 10.0 Å². The van der Waals surface area contributed by atoms with E-state index in [0.717, 1.165) is 11.6 Å². The third-order valence-corrected chi connectivity index (χ3v) is 4.99. The molecule has 7 heteroatoms. The van der Waals surface area contributed by atoms with Crippen molar-refractivity contribution in [3.8, 4) is 5.75 Å². The van der Waals surface area contributed by atoms with Gasteiger partial charge in [-0.3, -0.25) is 9.71 Å². The number of ether oxygens (including phenoxy) is 1. The minimum absolute atomic E-state index is 0.0107. The smallest absolute Gasteiger partial charge is 0.262 e. The molecule has 1 heterocycles. The van der Waals surface area contributed by atoms with Crippen LogP contribution in [-0.2, 0) is 10.0 Å². The average Bonchev–Trinajstić information content (AvgIpc) is 2.55. The molecule has 0 aliphatic carbocycles. The van der Waals surface area contributed by atoms with Gasteiger partial charge in [-0.25, -0.2) is 12.8 Å². The van der Waals surface area contributed by atoms with Crippen molar-refractivity contribution in [1.82, 2.24) is 4.98 Å². The number of halogens is 1. The molecule has 0 unspecified atom stereocenters. The van der Waals surface area contributed by atoms with Crippen molar-refractivity contribution >= 4 is 26.6 Å². The molecule has 0 saturated heterocycles. The Morgan fingerprint density at radius 2 is 1.96 bits per heavy atom. The number of aryl methyl sites for hydroxylation is 1. The molecule has 0 amide bonds. The first-order valence-corrected chi connectivity index (χ1v) is 8.61. The van der Waals surface area contributed by atoms with Gasteiger partial charge in [0.15, 0.2) is 0 Å². The molecule has 0 radical (unpaired) electrons. The van der Waals surface area contributed by atoms with Gasteiger partial charge in [0.05, 0.1) is 17.7 Å². The summed E-state index contributed by atoms with van der Waals surface area (Å²) in [5.74, 6) is -0.175. The number of nitrogens with one attached hydrogen (secondary N) is 1. The molecule has 0 spiro atoms. The second kappa shape index (κ2) is 6.09. The topological polar surface area (TPSA) is 68.3 Å². The van der Waals surface area contributed by atoms with Crippen molar-refractivity contribution < 1.29 is 17.5 Å². The summed E-state index contributed by atoms with van der Waals surface area (Å²) in [6.45, 7) is 1.84. The lowest BCUT2D eigenvalue weighted by atomic mass is 10.2. The fraction of sp³-hybridized carbons (Fsp3) is 0.118. The van der Waals surface area contributed by atoms with Crippen LogP contribution in [0.4, 0.5) is 10.1 Å². The molecule has 0 saturated carbocycles. The van der Waals surface area contributed by atoms with Crippen LogP contribution in [0.2, 0.25) is 0 Å². The number of aromatic nitrogens is 1. The standard InChI is InChI=1S/C17H15FN2O3S/c1-11-5-7-15(23-2)14(10-11)20-24(21,22)16-8-6-13(18)17-12(16)4-3-9-19-17/h3-10,20H,1-2H3. The maximum atomic E-state index is 13.9. The number of benzene rings is 2. The summed E-state index contributed by atoms with van der Waals surface area (Å²) in [6.07, 6.45) is 1.42. The lowest BCUT2D eigenvalue weighted by molar-refractivity contribution is 0.417. The molecule has 1 N–H and O–H groups in total. The molecule has 0 atom stereocenters. The second-order valence-electron chi connectivity index (χ2n) is 5.25. The first-order valence-electron chi connectivity index (χ1n) is 7.13. The van der Waals surface area contributed by atoms with Crippen molar-refractivity contribution in [2.24, 2.45) is 0 Å². The molecule has 3 rings (SSSR count). The van der Waals surface area contributed by atoms with Gasteiger partial charge in [0.1, 0.15) is 17.1 Å². The van der Waals surface area contributed by atoms with Crippen LogP contribution in [0.5, 0.6) is 5.75 Å². The minimum Gasteiger partial charge on any atom is -0.495 e. The fourth-order valence-electron chi connectivity index (χ4n) is 2.45. The third-order valence-electron chi connectivity index (χ3n) is 3.57. The first-order chi connectivity index (χ1) is 11.4. The van der Waals surface area contributed by atoms with Crippen LogP contribution in [0.3, 0.4) is 0 Å². The van der Waals surface area contributed by atoms with Gasteiger partial charge in [-0.2, -0.15) is 0 Å². The quantitative estimate of drug-likeness (QED) is 0.785. The highest BCUT2D eigenvalue weighted by molar-refractivity contribution is 7.93. The zero-order chi connectivity index (χ0) is 17.3. The molecule has 24 heavy (non-hydrogen) atoms. The minimum atomic E-state index is -3.94. The Bertz CT molecular complexity index is 1020. The Morgan fingerprint density at radius 3 is 2.71 bits per heavy atom. The summed E-state index contributed by atoms with van der Waals surface area (Å²) in [5.41, 5.74) is 1.20. The van der Waals surface area contributed by atoms with Crippen molar-refractivity contribution in [2.45, 2.75) is 11.8 Å². The predicted molar refractivity (Wildman–Crippen MR) is 90.2 cm³/mol. The third kappa shape index (κ3) is 2.90. The fourth-order valence-corrected chi connectivity index (χ4v) is 3.71. The summed E-state index contributed by atoms with van der Waals surface area (Å²) >= 11 is 0. The molecular weight excluding hydrogens is 331 g/mol. The van der Waals surface area contributed by atoms with Crippen LogP contribution in [-0.4, -0.2) is 20.5 Å². The van der Waals surface area contributed by atoms with E-state index in [1.807, 2.05) is 13.0 Å². The molecule has 0 bridgehead atoms. The summed E-state index contributed by atoms with van der Waals surface area (Å²) in [6, 6.07) is 10.6. The van der Waals surface area contributed by atoms with Crippen LogP contribution < -0.4 is 9.46 Å². The van der Waals surface area contributed by atoms with Crippen molar-refractivity contribution in [1.29, 1.82) is 0 Å². The number of pyridine rings is 1. The van der Waals surface area contributed by atoms with Gasteiger partial charge in [-0.15, -0.1) is 0 Å². The van der Waals surface area contributed by atoms with E-state index in [2.05, 4.69) is 9.71 Å². The summed E-state index contributed by atoms with van der Waals surface area (Å²) in [5, 5.41) is 0.219. The van der Waals surface area contributed by atoms with E-state index in [1.54, 1.807) is 18.2 Å². The van der Waals surface area contributed by atoms with Crippen molar-refractivity contribution in [3.63, 3.8) is 0 Å². The van der Waals surface area contributed by atoms with Gasteiger partial charge in [0, 0.05) is 11.6 Å². The number of hydrogen-bond acceptors (Lipinski definition) is 4. The summed E-state index contributed by atoms with van der Waals surface area (Å²) < 4.78 is 47.1. The number of methoxy groups -OCH3 is 1. The number of nitrogens with zero attached hydrogens (tertiary/aromatic N) is 1. The Morgan fingerprint density at radius 1 is 1.17 bits per heavy atom.